The molecule has 30 heavy (non-hydrogen) atoms. The van der Waals surface area contributed by atoms with E-state index in [1.54, 1.807) is 36.4 Å². The first-order valence-electron chi connectivity index (χ1n) is 9.99. The van der Waals surface area contributed by atoms with Crippen molar-refractivity contribution in [2.75, 3.05) is 5.32 Å². The lowest BCUT2D eigenvalue weighted by Crippen LogP contribution is -2.43. The average Bonchev–Trinajstić information content (AvgIpc) is 3.04. The Bertz CT molecular complexity index is 1090. The lowest BCUT2D eigenvalue weighted by atomic mass is 9.93. The number of amides is 2. The fraction of sp³-hybridized carbons (Fsp3) is 0.318. The van der Waals surface area contributed by atoms with E-state index in [0.29, 0.717) is 23.2 Å². The van der Waals surface area contributed by atoms with E-state index in [-0.39, 0.29) is 24.6 Å². The van der Waals surface area contributed by atoms with Crippen LogP contribution in [-0.4, -0.2) is 28.7 Å². The molecule has 0 radical (unpaired) electrons. The molecule has 3 aromatic rings. The molecule has 0 spiro atoms. The molecule has 0 aliphatic heterocycles. The summed E-state index contributed by atoms with van der Waals surface area (Å²) in [5, 5.41) is 5.65. The normalized spacial score (nSPS) is 18.7. The minimum absolute atomic E-state index is 0.116. The molecule has 2 atom stereocenters. The number of para-hydroxylation sites is 3. The van der Waals surface area contributed by atoms with Gasteiger partial charge in [-0.05, 0) is 43.5 Å². The zero-order valence-corrected chi connectivity index (χ0v) is 16.4. The fourth-order valence-electron chi connectivity index (χ4n) is 3.78. The second-order valence-electron chi connectivity index (χ2n) is 7.37. The van der Waals surface area contributed by atoms with Gasteiger partial charge in [0.15, 0.2) is 5.58 Å². The molecule has 0 bridgehead atoms. The number of benzene rings is 2. The quantitative estimate of drug-likeness (QED) is 0.673. The van der Waals surface area contributed by atoms with Gasteiger partial charge in [-0.15, -0.1) is 0 Å². The molecule has 4 rings (SSSR count). The summed E-state index contributed by atoms with van der Waals surface area (Å²) in [7, 11) is 0. The zero-order chi connectivity index (χ0) is 20.9. The minimum Gasteiger partial charge on any atom is -0.446 e. The SMILES string of the molecule is O=C(Cn1c(=O)oc2ccccc21)N[C@H]1CCC[C@@H](OC(=O)Nc2ccccc2)C1. The van der Waals surface area contributed by atoms with Gasteiger partial charge in [-0.1, -0.05) is 30.3 Å². The predicted octanol–water partition coefficient (Wildman–Crippen LogP) is 3.27. The maximum atomic E-state index is 12.5. The highest BCUT2D eigenvalue weighted by atomic mass is 16.6. The number of oxazole rings is 1. The third kappa shape index (κ3) is 4.71. The van der Waals surface area contributed by atoms with Crippen molar-refractivity contribution in [2.24, 2.45) is 0 Å². The van der Waals surface area contributed by atoms with Crippen LogP contribution in [-0.2, 0) is 16.1 Å². The van der Waals surface area contributed by atoms with Gasteiger partial charge in [0.1, 0.15) is 12.6 Å². The summed E-state index contributed by atoms with van der Waals surface area (Å²) >= 11 is 0. The minimum atomic E-state index is -0.561. The van der Waals surface area contributed by atoms with Crippen molar-refractivity contribution in [3.63, 3.8) is 0 Å². The molecule has 0 unspecified atom stereocenters. The number of fused-ring (bicyclic) bond motifs is 1. The van der Waals surface area contributed by atoms with E-state index in [4.69, 9.17) is 9.15 Å². The van der Waals surface area contributed by atoms with E-state index in [1.807, 2.05) is 18.2 Å². The number of ether oxygens (including phenoxy) is 1. The van der Waals surface area contributed by atoms with E-state index < -0.39 is 11.8 Å². The molecule has 8 heteroatoms. The molecule has 156 valence electrons. The second kappa shape index (κ2) is 8.86. The Morgan fingerprint density at radius 1 is 1.07 bits per heavy atom. The van der Waals surface area contributed by atoms with Gasteiger partial charge in [0.25, 0.3) is 0 Å². The predicted molar refractivity (Wildman–Crippen MR) is 111 cm³/mol. The summed E-state index contributed by atoms with van der Waals surface area (Å²) in [4.78, 5) is 36.7. The summed E-state index contributed by atoms with van der Waals surface area (Å²) in [5.74, 6) is -0.836. The highest BCUT2D eigenvalue weighted by Gasteiger charge is 2.26. The van der Waals surface area contributed by atoms with Gasteiger partial charge < -0.3 is 14.5 Å². The smallest absolute Gasteiger partial charge is 0.420 e. The van der Waals surface area contributed by atoms with E-state index in [9.17, 15) is 14.4 Å². The highest BCUT2D eigenvalue weighted by Crippen LogP contribution is 2.22. The Hall–Kier alpha value is -3.55. The number of carbonyl (C=O) groups is 2. The molecule has 2 aromatic carbocycles. The van der Waals surface area contributed by atoms with Crippen LogP contribution in [0.2, 0.25) is 0 Å². The lowest BCUT2D eigenvalue weighted by molar-refractivity contribution is -0.122. The Morgan fingerprint density at radius 3 is 2.67 bits per heavy atom. The van der Waals surface area contributed by atoms with Crippen molar-refractivity contribution in [1.82, 2.24) is 9.88 Å². The Kier molecular flexibility index (Phi) is 5.83. The molecule has 1 aliphatic rings. The number of hydrogen-bond donors (Lipinski definition) is 2. The summed E-state index contributed by atoms with van der Waals surface area (Å²) in [6, 6.07) is 16.0. The van der Waals surface area contributed by atoms with Gasteiger partial charge in [-0.25, -0.2) is 9.59 Å². The second-order valence-corrected chi connectivity index (χ2v) is 7.37. The summed E-state index contributed by atoms with van der Waals surface area (Å²) < 4.78 is 12.0. The Balaban J connectivity index is 1.31. The van der Waals surface area contributed by atoms with Crippen LogP contribution in [0.25, 0.3) is 11.1 Å². The molecule has 2 N–H and O–H groups in total. The van der Waals surface area contributed by atoms with Gasteiger partial charge >= 0.3 is 11.8 Å². The van der Waals surface area contributed by atoms with Gasteiger partial charge in [-0.3, -0.25) is 14.7 Å². The molecule has 1 fully saturated rings. The topological polar surface area (TPSA) is 103 Å². The first-order valence-corrected chi connectivity index (χ1v) is 9.99. The molecule has 8 nitrogen and oxygen atoms in total. The Morgan fingerprint density at radius 2 is 1.83 bits per heavy atom. The number of aromatic nitrogens is 1. The molecule has 1 aliphatic carbocycles. The molecule has 1 saturated carbocycles. The van der Waals surface area contributed by atoms with Crippen LogP contribution in [0.5, 0.6) is 0 Å². The summed E-state index contributed by atoms with van der Waals surface area (Å²) in [6.07, 6.45) is 2.14. The lowest BCUT2D eigenvalue weighted by Gasteiger charge is -2.29. The number of nitrogens with one attached hydrogen (secondary N) is 2. The zero-order valence-electron chi connectivity index (χ0n) is 16.4. The van der Waals surface area contributed by atoms with E-state index in [1.165, 1.54) is 4.57 Å². The van der Waals surface area contributed by atoms with Crippen LogP contribution >= 0.6 is 0 Å². The Labute approximate surface area is 172 Å². The van der Waals surface area contributed by atoms with E-state index in [2.05, 4.69) is 10.6 Å². The third-order valence-electron chi connectivity index (χ3n) is 5.16. The maximum Gasteiger partial charge on any atom is 0.420 e. The van der Waals surface area contributed by atoms with Gasteiger partial charge in [0.05, 0.1) is 5.52 Å². The van der Waals surface area contributed by atoms with Gasteiger partial charge in [0, 0.05) is 18.2 Å². The van der Waals surface area contributed by atoms with Crippen molar-refractivity contribution in [3.05, 3.63) is 65.1 Å². The van der Waals surface area contributed by atoms with Crippen molar-refractivity contribution in [1.29, 1.82) is 0 Å². The number of anilines is 1. The molecular formula is C22H23N3O5. The molecule has 0 saturated heterocycles. The first kappa shape index (κ1) is 19.8. The van der Waals surface area contributed by atoms with E-state index in [0.717, 1.165) is 19.3 Å². The van der Waals surface area contributed by atoms with Crippen molar-refractivity contribution in [2.45, 2.75) is 44.4 Å². The average molecular weight is 409 g/mol. The van der Waals surface area contributed by atoms with Crippen molar-refractivity contribution in [3.8, 4) is 0 Å². The molecule has 2 amide bonds. The van der Waals surface area contributed by atoms with Crippen LogP contribution in [0.1, 0.15) is 25.7 Å². The number of hydrogen-bond acceptors (Lipinski definition) is 5. The monoisotopic (exact) mass is 409 g/mol. The van der Waals surface area contributed by atoms with E-state index >= 15 is 0 Å². The fourth-order valence-corrected chi connectivity index (χ4v) is 3.78. The van der Waals surface area contributed by atoms with Crippen molar-refractivity contribution < 1.29 is 18.7 Å². The third-order valence-corrected chi connectivity index (χ3v) is 5.16. The maximum absolute atomic E-state index is 12.5. The van der Waals surface area contributed by atoms with Crippen LogP contribution in [0.4, 0.5) is 10.5 Å². The van der Waals surface area contributed by atoms with Crippen molar-refractivity contribution >= 4 is 28.8 Å². The molecule has 1 aromatic heterocycles. The summed E-state index contributed by atoms with van der Waals surface area (Å²) in [5.41, 5.74) is 1.70. The molecular weight excluding hydrogens is 386 g/mol. The summed E-state index contributed by atoms with van der Waals surface area (Å²) in [6.45, 7) is -0.119. The molecule has 1 heterocycles. The van der Waals surface area contributed by atoms with Gasteiger partial charge in [0.2, 0.25) is 5.91 Å². The highest BCUT2D eigenvalue weighted by molar-refractivity contribution is 5.84. The van der Waals surface area contributed by atoms with Crippen LogP contribution in [0.3, 0.4) is 0 Å². The van der Waals surface area contributed by atoms with Gasteiger partial charge in [-0.2, -0.15) is 0 Å². The number of rotatable bonds is 5. The first-order chi connectivity index (χ1) is 14.6. The van der Waals surface area contributed by atoms with Crippen LogP contribution < -0.4 is 16.4 Å². The largest absolute Gasteiger partial charge is 0.446 e. The number of nitrogens with zero attached hydrogens (tertiary/aromatic N) is 1. The van der Waals surface area contributed by atoms with Crippen LogP contribution in [0.15, 0.2) is 63.8 Å². The number of carbonyl (C=O) groups excluding carboxylic acids is 2. The standard InChI is InChI=1S/C22H23N3O5/c26-20(14-25-18-11-4-5-12-19(18)30-22(25)28)23-16-9-6-10-17(13-16)29-21(27)24-15-7-2-1-3-8-15/h1-5,7-8,11-12,16-17H,6,9-10,13-14H2,(H,23,26)(H,24,27)/t16-,17+/m0/s1. The van der Waals surface area contributed by atoms with Crippen LogP contribution in [0, 0.1) is 0 Å².